The van der Waals surface area contributed by atoms with E-state index in [1.54, 1.807) is 30.3 Å². The summed E-state index contributed by atoms with van der Waals surface area (Å²) in [5, 5.41) is 9.28. The van der Waals surface area contributed by atoms with E-state index in [9.17, 15) is 14.0 Å². The zero-order chi connectivity index (χ0) is 23.1. The van der Waals surface area contributed by atoms with Gasteiger partial charge < -0.3 is 10.1 Å². The molecule has 0 unspecified atom stereocenters. The number of carbonyl (C=O) groups is 1. The lowest BCUT2D eigenvalue weighted by atomic mass is 10.1. The van der Waals surface area contributed by atoms with Crippen molar-refractivity contribution in [1.82, 2.24) is 19.2 Å². The van der Waals surface area contributed by atoms with Gasteiger partial charge >= 0.3 is 5.69 Å². The zero-order valence-corrected chi connectivity index (χ0v) is 18.7. The molecule has 0 bridgehead atoms. The van der Waals surface area contributed by atoms with Gasteiger partial charge in [-0.05, 0) is 35.9 Å². The van der Waals surface area contributed by atoms with Crippen molar-refractivity contribution in [3.05, 3.63) is 75.5 Å². The molecule has 3 heterocycles. The van der Waals surface area contributed by atoms with E-state index < -0.39 is 11.6 Å². The molecular weight excluding hydrogens is 469 g/mol. The van der Waals surface area contributed by atoms with Crippen LogP contribution >= 0.6 is 22.9 Å². The Labute approximate surface area is 194 Å². The van der Waals surface area contributed by atoms with Gasteiger partial charge in [0.2, 0.25) is 5.91 Å². The van der Waals surface area contributed by atoms with Crippen LogP contribution in [0.25, 0.3) is 27.0 Å². The van der Waals surface area contributed by atoms with Crippen LogP contribution in [0.2, 0.25) is 5.02 Å². The van der Waals surface area contributed by atoms with Crippen molar-refractivity contribution in [3.63, 3.8) is 0 Å². The molecule has 0 atom stereocenters. The molecule has 0 spiro atoms. The maximum absolute atomic E-state index is 13.3. The molecule has 8 nitrogen and oxygen atoms in total. The number of hydrogen-bond acceptors (Lipinski definition) is 6. The van der Waals surface area contributed by atoms with Crippen LogP contribution in [-0.2, 0) is 11.3 Å². The van der Waals surface area contributed by atoms with Crippen molar-refractivity contribution in [3.8, 4) is 16.9 Å². The van der Waals surface area contributed by atoms with Crippen molar-refractivity contribution in [2.45, 2.75) is 6.54 Å². The number of anilines is 1. The Morgan fingerprint density at radius 2 is 2.03 bits per heavy atom. The number of rotatable bonds is 5. The predicted octanol–water partition coefficient (Wildman–Crippen LogP) is 4.21. The molecule has 3 aromatic heterocycles. The first-order valence-corrected chi connectivity index (χ1v) is 10.9. The maximum atomic E-state index is 13.3. The van der Waals surface area contributed by atoms with Crippen LogP contribution in [0.5, 0.6) is 5.75 Å². The fourth-order valence-electron chi connectivity index (χ4n) is 3.45. The molecule has 0 saturated carbocycles. The van der Waals surface area contributed by atoms with Gasteiger partial charge in [0.05, 0.1) is 22.3 Å². The summed E-state index contributed by atoms with van der Waals surface area (Å²) in [5.74, 6) is -0.281. The molecule has 33 heavy (non-hydrogen) atoms. The van der Waals surface area contributed by atoms with Crippen LogP contribution in [0.15, 0.2) is 59.0 Å². The minimum Gasteiger partial charge on any atom is -0.495 e. The zero-order valence-electron chi connectivity index (χ0n) is 17.1. The summed E-state index contributed by atoms with van der Waals surface area (Å²) in [5.41, 5.74) is 2.64. The third-order valence-electron chi connectivity index (χ3n) is 5.02. The van der Waals surface area contributed by atoms with Gasteiger partial charge in [-0.15, -0.1) is 16.4 Å². The first-order chi connectivity index (χ1) is 15.9. The molecule has 2 aromatic carbocycles. The minimum atomic E-state index is -0.487. The quantitative estimate of drug-likeness (QED) is 0.404. The SMILES string of the molecule is COc1ccc(NC(=O)Cn2nc3c4scc(-c5ccc(F)cc5)c4ncn3c2=O)cc1Cl. The normalized spacial score (nSPS) is 11.2. The number of thiophene rings is 1. The summed E-state index contributed by atoms with van der Waals surface area (Å²) >= 11 is 7.46. The van der Waals surface area contributed by atoms with Gasteiger partial charge in [0.1, 0.15) is 24.4 Å². The van der Waals surface area contributed by atoms with E-state index in [-0.39, 0.29) is 12.4 Å². The van der Waals surface area contributed by atoms with Gasteiger partial charge in [-0.2, -0.15) is 0 Å². The second kappa shape index (κ2) is 8.30. The van der Waals surface area contributed by atoms with Crippen LogP contribution in [-0.4, -0.2) is 32.2 Å². The average molecular weight is 484 g/mol. The van der Waals surface area contributed by atoms with E-state index in [1.807, 2.05) is 5.38 Å². The van der Waals surface area contributed by atoms with Crippen molar-refractivity contribution in [2.75, 3.05) is 12.4 Å². The second-order valence-electron chi connectivity index (χ2n) is 7.11. The molecule has 11 heteroatoms. The third kappa shape index (κ3) is 3.83. The number of hydrogen-bond donors (Lipinski definition) is 1. The lowest BCUT2D eigenvalue weighted by Crippen LogP contribution is -2.28. The molecule has 1 amide bonds. The number of benzene rings is 2. The van der Waals surface area contributed by atoms with E-state index >= 15 is 0 Å². The first kappa shape index (κ1) is 21.1. The number of fused-ring (bicyclic) bond motifs is 3. The molecule has 1 N–H and O–H groups in total. The fourth-order valence-corrected chi connectivity index (χ4v) is 4.71. The van der Waals surface area contributed by atoms with Gasteiger partial charge in [-0.25, -0.2) is 23.3 Å². The number of nitrogens with one attached hydrogen (secondary N) is 1. The van der Waals surface area contributed by atoms with Crippen LogP contribution in [0.3, 0.4) is 0 Å². The van der Waals surface area contributed by atoms with E-state index in [0.29, 0.717) is 32.3 Å². The van der Waals surface area contributed by atoms with Gasteiger partial charge in [-0.3, -0.25) is 4.79 Å². The van der Waals surface area contributed by atoms with Crippen LogP contribution in [0.1, 0.15) is 0 Å². The van der Waals surface area contributed by atoms with Crippen molar-refractivity contribution >= 4 is 50.4 Å². The monoisotopic (exact) mass is 483 g/mol. The molecule has 0 fully saturated rings. The lowest BCUT2D eigenvalue weighted by Gasteiger charge is -2.07. The van der Waals surface area contributed by atoms with Crippen molar-refractivity contribution in [2.24, 2.45) is 0 Å². The second-order valence-corrected chi connectivity index (χ2v) is 8.40. The van der Waals surface area contributed by atoms with E-state index in [2.05, 4.69) is 15.4 Å². The Morgan fingerprint density at radius 3 is 2.76 bits per heavy atom. The smallest absolute Gasteiger partial charge is 0.352 e. The summed E-state index contributed by atoms with van der Waals surface area (Å²) in [6, 6.07) is 10.9. The molecule has 0 aliphatic rings. The summed E-state index contributed by atoms with van der Waals surface area (Å²) in [4.78, 5) is 29.7. The topological polar surface area (TPSA) is 90.5 Å². The lowest BCUT2D eigenvalue weighted by molar-refractivity contribution is -0.117. The third-order valence-corrected chi connectivity index (χ3v) is 6.29. The van der Waals surface area contributed by atoms with Gasteiger partial charge in [0.25, 0.3) is 0 Å². The molecule has 0 aliphatic carbocycles. The number of halogens is 2. The van der Waals surface area contributed by atoms with Crippen LogP contribution in [0, 0.1) is 5.82 Å². The number of ether oxygens (including phenoxy) is 1. The Morgan fingerprint density at radius 1 is 1.24 bits per heavy atom. The maximum Gasteiger partial charge on any atom is 0.352 e. The molecular formula is C22H15ClFN5O3S. The summed E-state index contributed by atoms with van der Waals surface area (Å²) < 4.78 is 21.4. The van der Waals surface area contributed by atoms with Crippen LogP contribution < -0.4 is 15.7 Å². The standard InChI is InChI=1S/C22H15ClFN5O3S/c1-32-17-7-6-14(8-16(17)23)26-18(30)9-29-22(31)28-11-25-19-15(10-33-20(19)21(28)27-29)12-2-4-13(24)5-3-12/h2-8,10-11H,9H2,1H3,(H,26,30). The highest BCUT2D eigenvalue weighted by atomic mass is 35.5. The first-order valence-electron chi connectivity index (χ1n) is 9.69. The molecule has 0 saturated heterocycles. The summed E-state index contributed by atoms with van der Waals surface area (Å²) in [6.07, 6.45) is 1.38. The van der Waals surface area contributed by atoms with E-state index in [4.69, 9.17) is 16.3 Å². The summed E-state index contributed by atoms with van der Waals surface area (Å²) in [6.45, 7) is -0.290. The van der Waals surface area contributed by atoms with Gasteiger partial charge in [-0.1, -0.05) is 23.7 Å². The molecule has 0 aliphatic heterocycles. The molecule has 5 aromatic rings. The molecule has 5 rings (SSSR count). The Kier molecular flexibility index (Phi) is 5.31. The van der Waals surface area contributed by atoms with Crippen molar-refractivity contribution < 1.29 is 13.9 Å². The highest BCUT2D eigenvalue weighted by molar-refractivity contribution is 7.18. The highest BCUT2D eigenvalue weighted by Crippen LogP contribution is 2.34. The highest BCUT2D eigenvalue weighted by Gasteiger charge is 2.17. The Bertz CT molecular complexity index is 1580. The van der Waals surface area contributed by atoms with E-state index in [0.717, 1.165) is 15.8 Å². The number of methoxy groups -OCH3 is 1. The Hall–Kier alpha value is -3.76. The van der Waals surface area contributed by atoms with E-state index in [1.165, 1.54) is 41.3 Å². The number of aromatic nitrogens is 4. The average Bonchev–Trinajstić information content (AvgIpc) is 3.36. The fraction of sp³-hybridized carbons (Fsp3) is 0.0909. The van der Waals surface area contributed by atoms with Crippen LogP contribution in [0.4, 0.5) is 10.1 Å². The van der Waals surface area contributed by atoms with Gasteiger partial charge in [0, 0.05) is 16.6 Å². The number of nitrogens with zero attached hydrogens (tertiary/aromatic N) is 4. The summed E-state index contributed by atoms with van der Waals surface area (Å²) in [7, 11) is 1.50. The number of amides is 1. The van der Waals surface area contributed by atoms with Crippen molar-refractivity contribution in [1.29, 1.82) is 0 Å². The predicted molar refractivity (Wildman–Crippen MR) is 125 cm³/mol. The molecule has 166 valence electrons. The van der Waals surface area contributed by atoms with Gasteiger partial charge in [0.15, 0.2) is 5.65 Å². The number of carbonyl (C=O) groups excluding carboxylic acids is 1. The largest absolute Gasteiger partial charge is 0.495 e. The minimum absolute atomic E-state index is 0.290. The molecule has 0 radical (unpaired) electrons. The Balaban J connectivity index is 1.46.